The highest BCUT2D eigenvalue weighted by molar-refractivity contribution is 6.12. The van der Waals surface area contributed by atoms with Gasteiger partial charge in [-0.3, -0.25) is 4.79 Å². The standard InChI is InChI=1S/C22H18F2N4O/c1-13-10-17(22(29)26-16-8-9-18(23)19(24)11-16)20-14(2)27-28(21(20)25-13)12-15-6-4-3-5-7-15/h3-11H,12H2,1-2H3,(H,26,29). The molecule has 0 spiro atoms. The first-order chi connectivity index (χ1) is 13.9. The summed E-state index contributed by atoms with van der Waals surface area (Å²) in [5.41, 5.74) is 3.54. The lowest BCUT2D eigenvalue weighted by atomic mass is 10.1. The van der Waals surface area contributed by atoms with E-state index in [0.717, 1.165) is 17.7 Å². The van der Waals surface area contributed by atoms with Crippen LogP contribution in [0.1, 0.15) is 27.3 Å². The Labute approximate surface area is 166 Å². The Kier molecular flexibility index (Phi) is 4.80. The number of fused-ring (bicyclic) bond motifs is 1. The number of amides is 1. The second-order valence-corrected chi connectivity index (χ2v) is 6.82. The maximum Gasteiger partial charge on any atom is 0.256 e. The monoisotopic (exact) mass is 392 g/mol. The summed E-state index contributed by atoms with van der Waals surface area (Å²) in [5, 5.41) is 7.82. The van der Waals surface area contributed by atoms with Crippen LogP contribution in [0.5, 0.6) is 0 Å². The summed E-state index contributed by atoms with van der Waals surface area (Å²) < 4.78 is 28.4. The Bertz CT molecular complexity index is 1220. The van der Waals surface area contributed by atoms with E-state index in [4.69, 9.17) is 0 Å². The van der Waals surface area contributed by atoms with Crippen molar-refractivity contribution in [2.24, 2.45) is 0 Å². The number of nitrogens with zero attached hydrogens (tertiary/aromatic N) is 3. The molecular weight excluding hydrogens is 374 g/mol. The second-order valence-electron chi connectivity index (χ2n) is 6.82. The molecule has 146 valence electrons. The smallest absolute Gasteiger partial charge is 0.256 e. The third kappa shape index (κ3) is 3.71. The number of rotatable bonds is 4. The number of benzene rings is 2. The second kappa shape index (κ2) is 7.43. The van der Waals surface area contributed by atoms with E-state index in [1.54, 1.807) is 17.7 Å². The van der Waals surface area contributed by atoms with Gasteiger partial charge < -0.3 is 5.32 Å². The van der Waals surface area contributed by atoms with E-state index in [2.05, 4.69) is 15.4 Å². The molecule has 0 atom stereocenters. The fourth-order valence-corrected chi connectivity index (χ4v) is 3.30. The minimum Gasteiger partial charge on any atom is -0.322 e. The van der Waals surface area contributed by atoms with E-state index in [0.29, 0.717) is 34.5 Å². The SMILES string of the molecule is Cc1cc(C(=O)Nc2ccc(F)c(F)c2)c2c(C)nn(Cc3ccccc3)c2n1. The van der Waals surface area contributed by atoms with Crippen molar-refractivity contribution in [3.05, 3.63) is 88.7 Å². The molecule has 1 amide bonds. The Morgan fingerprint density at radius 1 is 1.03 bits per heavy atom. The molecule has 0 aliphatic rings. The van der Waals surface area contributed by atoms with E-state index in [9.17, 15) is 13.6 Å². The van der Waals surface area contributed by atoms with Crippen molar-refractivity contribution < 1.29 is 13.6 Å². The van der Waals surface area contributed by atoms with E-state index in [1.807, 2.05) is 37.3 Å². The molecule has 0 saturated carbocycles. The highest BCUT2D eigenvalue weighted by Crippen LogP contribution is 2.24. The molecule has 1 N–H and O–H groups in total. The highest BCUT2D eigenvalue weighted by Gasteiger charge is 2.19. The van der Waals surface area contributed by atoms with Crippen LogP contribution in [0.3, 0.4) is 0 Å². The maximum atomic E-state index is 13.5. The lowest BCUT2D eigenvalue weighted by Crippen LogP contribution is -2.14. The summed E-state index contributed by atoms with van der Waals surface area (Å²) in [6.45, 7) is 4.13. The quantitative estimate of drug-likeness (QED) is 0.551. The van der Waals surface area contributed by atoms with Gasteiger partial charge in [0.1, 0.15) is 0 Å². The number of aryl methyl sites for hydroxylation is 2. The lowest BCUT2D eigenvalue weighted by Gasteiger charge is -2.09. The minimum atomic E-state index is -1.02. The van der Waals surface area contributed by atoms with Crippen molar-refractivity contribution in [1.82, 2.24) is 14.8 Å². The van der Waals surface area contributed by atoms with Crippen molar-refractivity contribution in [1.29, 1.82) is 0 Å². The Morgan fingerprint density at radius 3 is 2.52 bits per heavy atom. The van der Waals surface area contributed by atoms with Crippen LogP contribution in [-0.2, 0) is 6.54 Å². The van der Waals surface area contributed by atoms with Gasteiger partial charge in [-0.15, -0.1) is 0 Å². The van der Waals surface area contributed by atoms with Gasteiger partial charge in [-0.2, -0.15) is 5.10 Å². The van der Waals surface area contributed by atoms with E-state index in [1.165, 1.54) is 6.07 Å². The van der Waals surface area contributed by atoms with Crippen LogP contribution in [0.2, 0.25) is 0 Å². The van der Waals surface area contributed by atoms with Gasteiger partial charge in [-0.05, 0) is 37.6 Å². The van der Waals surface area contributed by atoms with Crippen LogP contribution in [0.4, 0.5) is 14.5 Å². The molecule has 0 fully saturated rings. The first kappa shape index (κ1) is 18.7. The molecule has 0 radical (unpaired) electrons. The number of carbonyl (C=O) groups excluding carboxylic acids is 1. The number of carbonyl (C=O) groups is 1. The Balaban J connectivity index is 1.74. The van der Waals surface area contributed by atoms with Crippen molar-refractivity contribution in [3.63, 3.8) is 0 Å². The number of aromatic nitrogens is 3. The summed E-state index contributed by atoms with van der Waals surface area (Å²) in [6, 6.07) is 14.7. The van der Waals surface area contributed by atoms with Gasteiger partial charge >= 0.3 is 0 Å². The van der Waals surface area contributed by atoms with Crippen LogP contribution in [0.25, 0.3) is 11.0 Å². The van der Waals surface area contributed by atoms with Gasteiger partial charge in [0.2, 0.25) is 0 Å². The topological polar surface area (TPSA) is 59.8 Å². The molecular formula is C22H18F2N4O. The van der Waals surface area contributed by atoms with Gasteiger partial charge in [-0.1, -0.05) is 30.3 Å². The zero-order valence-electron chi connectivity index (χ0n) is 15.9. The molecule has 4 rings (SSSR count). The van der Waals surface area contributed by atoms with Gasteiger partial charge in [0.25, 0.3) is 5.91 Å². The fourth-order valence-electron chi connectivity index (χ4n) is 3.30. The number of anilines is 1. The maximum absolute atomic E-state index is 13.5. The van der Waals surface area contributed by atoms with Crippen LogP contribution < -0.4 is 5.32 Å². The summed E-state index contributed by atoms with van der Waals surface area (Å²) in [5.74, 6) is -2.43. The summed E-state index contributed by atoms with van der Waals surface area (Å²) in [4.78, 5) is 17.5. The molecule has 0 aliphatic heterocycles. The fraction of sp³-hybridized carbons (Fsp3) is 0.136. The minimum absolute atomic E-state index is 0.172. The van der Waals surface area contributed by atoms with Crippen LogP contribution in [0, 0.1) is 25.5 Å². The predicted molar refractivity (Wildman–Crippen MR) is 107 cm³/mol. The molecule has 0 aliphatic carbocycles. The normalized spacial score (nSPS) is 11.0. The van der Waals surface area contributed by atoms with Gasteiger partial charge in [0.05, 0.1) is 23.2 Å². The van der Waals surface area contributed by atoms with Crippen LogP contribution in [0.15, 0.2) is 54.6 Å². The van der Waals surface area contributed by atoms with Crippen LogP contribution in [-0.4, -0.2) is 20.7 Å². The van der Waals surface area contributed by atoms with E-state index < -0.39 is 17.5 Å². The average Bonchev–Trinajstić information content (AvgIpc) is 3.00. The number of nitrogens with one attached hydrogen (secondary N) is 1. The molecule has 2 aromatic heterocycles. The summed E-state index contributed by atoms with van der Waals surface area (Å²) in [7, 11) is 0. The predicted octanol–water partition coefficient (Wildman–Crippen LogP) is 4.63. The molecule has 0 bridgehead atoms. The van der Waals surface area contributed by atoms with Crippen molar-refractivity contribution in [2.75, 3.05) is 5.32 Å². The third-order valence-corrected chi connectivity index (χ3v) is 4.60. The highest BCUT2D eigenvalue weighted by atomic mass is 19.2. The van der Waals surface area contributed by atoms with E-state index in [-0.39, 0.29) is 5.69 Å². The Hall–Kier alpha value is -3.61. The first-order valence-electron chi connectivity index (χ1n) is 9.07. The molecule has 5 nitrogen and oxygen atoms in total. The molecule has 2 aromatic carbocycles. The van der Waals surface area contributed by atoms with Gasteiger partial charge in [-0.25, -0.2) is 18.4 Å². The summed E-state index contributed by atoms with van der Waals surface area (Å²) >= 11 is 0. The number of halogens is 2. The van der Waals surface area contributed by atoms with Crippen molar-refractivity contribution in [3.8, 4) is 0 Å². The van der Waals surface area contributed by atoms with Crippen LogP contribution >= 0.6 is 0 Å². The van der Waals surface area contributed by atoms with Crippen molar-refractivity contribution >= 4 is 22.6 Å². The van der Waals surface area contributed by atoms with Gasteiger partial charge in [0, 0.05) is 17.4 Å². The Morgan fingerprint density at radius 2 is 1.79 bits per heavy atom. The first-order valence-corrected chi connectivity index (χ1v) is 9.07. The molecule has 2 heterocycles. The summed E-state index contributed by atoms with van der Waals surface area (Å²) in [6.07, 6.45) is 0. The lowest BCUT2D eigenvalue weighted by molar-refractivity contribution is 0.102. The third-order valence-electron chi connectivity index (χ3n) is 4.60. The molecule has 0 unspecified atom stereocenters. The molecule has 4 aromatic rings. The van der Waals surface area contributed by atoms with E-state index >= 15 is 0 Å². The zero-order valence-corrected chi connectivity index (χ0v) is 15.9. The largest absolute Gasteiger partial charge is 0.322 e. The number of hydrogen-bond donors (Lipinski definition) is 1. The van der Waals surface area contributed by atoms with Gasteiger partial charge in [0.15, 0.2) is 17.3 Å². The number of hydrogen-bond acceptors (Lipinski definition) is 3. The molecule has 0 saturated heterocycles. The van der Waals surface area contributed by atoms with Crippen molar-refractivity contribution in [2.45, 2.75) is 20.4 Å². The average molecular weight is 392 g/mol. The zero-order chi connectivity index (χ0) is 20.5. The number of pyridine rings is 1. The molecule has 7 heteroatoms. The molecule has 29 heavy (non-hydrogen) atoms.